The van der Waals surface area contributed by atoms with Crippen molar-refractivity contribution in [1.29, 1.82) is 0 Å². The largest absolute Gasteiger partial charge is 0.478 e. The van der Waals surface area contributed by atoms with Crippen LogP contribution in [0.2, 0.25) is 0 Å². The van der Waals surface area contributed by atoms with E-state index in [1.54, 1.807) is 0 Å². The Morgan fingerprint density at radius 2 is 1.81 bits per heavy atom. The van der Waals surface area contributed by atoms with Gasteiger partial charge in [-0.15, -0.1) is 0 Å². The predicted molar refractivity (Wildman–Crippen MR) is 67.3 cm³/mol. The summed E-state index contributed by atoms with van der Waals surface area (Å²) in [6.07, 6.45) is -0.271. The van der Waals surface area contributed by atoms with Crippen molar-refractivity contribution in [2.45, 2.75) is 23.8 Å². The average molecular weight is 321 g/mol. The van der Waals surface area contributed by atoms with E-state index in [0.29, 0.717) is 12.1 Å². The molecular weight excluding hydrogens is 308 g/mol. The maximum atomic E-state index is 13.7. The van der Waals surface area contributed by atoms with Crippen LogP contribution in [0.15, 0.2) is 17.0 Å². The minimum atomic E-state index is -4.35. The highest BCUT2D eigenvalue weighted by atomic mass is 32.2. The summed E-state index contributed by atoms with van der Waals surface area (Å²) in [5.74, 6) is -4.70. The number of hydrogen-bond acceptors (Lipinski definition) is 4. The molecule has 1 aliphatic heterocycles. The molecule has 9 heteroatoms. The Bertz CT molecular complexity index is 668. The molecule has 6 nitrogen and oxygen atoms in total. The van der Waals surface area contributed by atoms with Gasteiger partial charge in [-0.25, -0.2) is 22.0 Å². The number of aromatic carboxylic acids is 1. The first-order valence-corrected chi connectivity index (χ1v) is 7.58. The summed E-state index contributed by atoms with van der Waals surface area (Å²) < 4.78 is 52.6. The van der Waals surface area contributed by atoms with Gasteiger partial charge in [-0.05, 0) is 25.0 Å². The number of halogens is 2. The number of nitrogens with zero attached hydrogens (tertiary/aromatic N) is 1. The molecule has 2 rings (SSSR count). The Hall–Kier alpha value is -1.58. The number of carbonyl (C=O) groups is 1. The summed E-state index contributed by atoms with van der Waals surface area (Å²) in [6.45, 7) is -0.0796. The number of aliphatic hydroxyl groups is 1. The second kappa shape index (κ2) is 5.66. The Morgan fingerprint density at radius 1 is 1.24 bits per heavy atom. The molecule has 0 bridgehead atoms. The lowest BCUT2D eigenvalue weighted by Gasteiger charge is -2.28. The molecule has 1 aliphatic rings. The first kappa shape index (κ1) is 15.8. The van der Waals surface area contributed by atoms with Crippen LogP contribution in [0.3, 0.4) is 0 Å². The monoisotopic (exact) mass is 321 g/mol. The lowest BCUT2D eigenvalue weighted by atomic mass is 10.1. The summed E-state index contributed by atoms with van der Waals surface area (Å²) >= 11 is 0. The van der Waals surface area contributed by atoms with Gasteiger partial charge in [-0.2, -0.15) is 4.31 Å². The summed E-state index contributed by atoms with van der Waals surface area (Å²) in [5, 5.41) is 18.2. The van der Waals surface area contributed by atoms with E-state index in [4.69, 9.17) is 5.11 Å². The first-order chi connectivity index (χ1) is 9.73. The second-order valence-electron chi connectivity index (χ2n) is 4.71. The summed E-state index contributed by atoms with van der Waals surface area (Å²) in [5.41, 5.74) is -0.649. The summed E-state index contributed by atoms with van der Waals surface area (Å²) in [7, 11) is -4.35. The van der Waals surface area contributed by atoms with E-state index in [-0.39, 0.29) is 25.9 Å². The first-order valence-electron chi connectivity index (χ1n) is 6.14. The third-order valence-corrected chi connectivity index (χ3v) is 5.18. The van der Waals surface area contributed by atoms with Gasteiger partial charge in [-0.1, -0.05) is 0 Å². The van der Waals surface area contributed by atoms with Crippen LogP contribution in [-0.4, -0.2) is 48.1 Å². The molecule has 0 unspecified atom stereocenters. The fourth-order valence-corrected chi connectivity index (χ4v) is 3.67. The number of benzene rings is 1. The third kappa shape index (κ3) is 3.04. The Morgan fingerprint density at radius 3 is 2.33 bits per heavy atom. The van der Waals surface area contributed by atoms with Gasteiger partial charge < -0.3 is 10.2 Å². The molecule has 21 heavy (non-hydrogen) atoms. The highest BCUT2D eigenvalue weighted by Gasteiger charge is 2.32. The molecule has 116 valence electrons. The molecule has 1 aromatic carbocycles. The Kier molecular flexibility index (Phi) is 4.26. The van der Waals surface area contributed by atoms with Gasteiger partial charge in [0.1, 0.15) is 4.90 Å². The molecule has 1 aromatic rings. The Labute approximate surface area is 119 Å². The van der Waals surface area contributed by atoms with Crippen molar-refractivity contribution in [3.05, 3.63) is 29.3 Å². The molecule has 1 fully saturated rings. The van der Waals surface area contributed by atoms with Crippen molar-refractivity contribution in [3.63, 3.8) is 0 Å². The molecule has 0 atom stereocenters. The van der Waals surface area contributed by atoms with Crippen molar-refractivity contribution in [2.75, 3.05) is 13.1 Å². The summed E-state index contributed by atoms with van der Waals surface area (Å²) in [6, 6.07) is 1.03. The van der Waals surface area contributed by atoms with Crippen LogP contribution in [0.5, 0.6) is 0 Å². The van der Waals surface area contributed by atoms with Crippen LogP contribution in [0.1, 0.15) is 23.2 Å². The van der Waals surface area contributed by atoms with E-state index < -0.39 is 44.2 Å². The van der Waals surface area contributed by atoms with E-state index >= 15 is 0 Å². The van der Waals surface area contributed by atoms with Crippen molar-refractivity contribution < 1.29 is 32.2 Å². The lowest BCUT2D eigenvalue weighted by molar-refractivity contribution is 0.0696. The number of aliphatic hydroxyl groups excluding tert-OH is 1. The van der Waals surface area contributed by atoms with E-state index in [0.717, 1.165) is 4.31 Å². The second-order valence-corrected chi connectivity index (χ2v) is 6.62. The van der Waals surface area contributed by atoms with E-state index in [9.17, 15) is 27.1 Å². The van der Waals surface area contributed by atoms with Crippen LogP contribution in [0.25, 0.3) is 0 Å². The van der Waals surface area contributed by atoms with Gasteiger partial charge in [0, 0.05) is 13.1 Å². The van der Waals surface area contributed by atoms with Gasteiger partial charge in [0.15, 0.2) is 11.6 Å². The van der Waals surface area contributed by atoms with Gasteiger partial charge in [-0.3, -0.25) is 0 Å². The van der Waals surface area contributed by atoms with Crippen molar-refractivity contribution >= 4 is 16.0 Å². The van der Waals surface area contributed by atoms with Gasteiger partial charge in [0.2, 0.25) is 10.0 Å². The molecule has 2 N–H and O–H groups in total. The van der Waals surface area contributed by atoms with Crippen molar-refractivity contribution in [1.82, 2.24) is 4.31 Å². The molecular formula is C12H13F2NO5S. The molecule has 1 heterocycles. The van der Waals surface area contributed by atoms with E-state index in [2.05, 4.69) is 0 Å². The fraction of sp³-hybridized carbons (Fsp3) is 0.417. The highest BCUT2D eigenvalue weighted by molar-refractivity contribution is 7.89. The molecule has 0 aliphatic carbocycles. The van der Waals surface area contributed by atoms with Gasteiger partial charge >= 0.3 is 5.97 Å². The minimum absolute atomic E-state index is 0.0398. The predicted octanol–water partition coefficient (Wildman–Crippen LogP) is 0.808. The molecule has 0 aromatic heterocycles. The zero-order valence-electron chi connectivity index (χ0n) is 10.8. The quantitative estimate of drug-likeness (QED) is 0.859. The lowest BCUT2D eigenvalue weighted by Crippen LogP contribution is -2.40. The zero-order valence-corrected chi connectivity index (χ0v) is 11.6. The van der Waals surface area contributed by atoms with Crippen LogP contribution in [0.4, 0.5) is 8.78 Å². The zero-order chi connectivity index (χ0) is 15.8. The molecule has 0 radical (unpaired) electrons. The standard InChI is InChI=1S/C12H13F2NO5S/c13-9-5-7(12(17)18)6-10(11(9)14)21(19,20)15-3-1-8(16)2-4-15/h5-6,8,16H,1-4H2,(H,17,18). The minimum Gasteiger partial charge on any atom is -0.478 e. The number of sulfonamides is 1. The maximum absolute atomic E-state index is 13.7. The SMILES string of the molecule is O=C(O)c1cc(F)c(F)c(S(=O)(=O)N2CCC(O)CC2)c1. The fourth-order valence-electron chi connectivity index (χ4n) is 2.10. The summed E-state index contributed by atoms with van der Waals surface area (Å²) in [4.78, 5) is 9.83. The number of carboxylic acid groups (broad SMARTS) is 1. The smallest absolute Gasteiger partial charge is 0.335 e. The maximum Gasteiger partial charge on any atom is 0.335 e. The van der Waals surface area contributed by atoms with E-state index in [1.165, 1.54) is 0 Å². The number of rotatable bonds is 3. The van der Waals surface area contributed by atoms with Gasteiger partial charge in [0.25, 0.3) is 0 Å². The third-order valence-electron chi connectivity index (χ3n) is 3.28. The molecule has 1 saturated heterocycles. The van der Waals surface area contributed by atoms with Crippen molar-refractivity contribution in [3.8, 4) is 0 Å². The van der Waals surface area contributed by atoms with Crippen LogP contribution < -0.4 is 0 Å². The van der Waals surface area contributed by atoms with Crippen LogP contribution in [0, 0.1) is 11.6 Å². The average Bonchev–Trinajstić information content (AvgIpc) is 2.41. The normalized spacial score (nSPS) is 17.9. The van der Waals surface area contributed by atoms with Gasteiger partial charge in [0.05, 0.1) is 11.7 Å². The number of carboxylic acids is 1. The molecule has 0 amide bonds. The molecule has 0 spiro atoms. The van der Waals surface area contributed by atoms with Crippen molar-refractivity contribution in [2.24, 2.45) is 0 Å². The van der Waals surface area contributed by atoms with Crippen LogP contribution in [-0.2, 0) is 10.0 Å². The topological polar surface area (TPSA) is 94.9 Å². The number of hydrogen-bond donors (Lipinski definition) is 2. The van der Waals surface area contributed by atoms with Crippen LogP contribution >= 0.6 is 0 Å². The Balaban J connectivity index is 2.47. The number of piperidine rings is 1. The molecule has 0 saturated carbocycles. The highest BCUT2D eigenvalue weighted by Crippen LogP contribution is 2.25. The van der Waals surface area contributed by atoms with E-state index in [1.807, 2.05) is 0 Å².